The van der Waals surface area contributed by atoms with Crippen molar-refractivity contribution >= 4 is 10.8 Å². The molecule has 214 valence electrons. The molecule has 3 heterocycles. The summed E-state index contributed by atoms with van der Waals surface area (Å²) in [6.45, 7) is 1.17. The van der Waals surface area contributed by atoms with Gasteiger partial charge in [-0.2, -0.15) is 4.57 Å². The Labute approximate surface area is 253 Å². The third kappa shape index (κ3) is 4.92. The second-order valence-corrected chi connectivity index (χ2v) is 10.8. The Kier molecular flexibility index (Phi) is 7.94. The highest BCUT2D eigenvalue weighted by atomic mass is 35.5. The highest BCUT2D eigenvalue weighted by Gasteiger charge is 2.32. The third-order valence-corrected chi connectivity index (χ3v) is 8.57. The number of benzene rings is 4. The van der Waals surface area contributed by atoms with Crippen molar-refractivity contribution in [3.8, 4) is 34.3 Å². The van der Waals surface area contributed by atoms with E-state index >= 15 is 0 Å². The first kappa shape index (κ1) is 27.9. The van der Waals surface area contributed by atoms with Gasteiger partial charge in [0.25, 0.3) is 0 Å². The first-order chi connectivity index (χ1) is 20.2. The average molecular weight is 580 g/mol. The Morgan fingerprint density at radius 1 is 0.810 bits per heavy atom. The quantitative estimate of drug-likeness (QED) is 0.258. The van der Waals surface area contributed by atoms with Gasteiger partial charge in [-0.05, 0) is 60.2 Å². The SMILES string of the molecule is COc1ccc2c(CCCC(c3ccccc3)c3ccccc3)c3[n+](cc2c1OC)CCc1cc2c(cc1-3)OCO2.[Cl-]. The Bertz CT molecular complexity index is 1680. The van der Waals surface area contributed by atoms with E-state index in [4.69, 9.17) is 18.9 Å². The smallest absolute Gasteiger partial charge is 0.231 e. The van der Waals surface area contributed by atoms with Crippen molar-refractivity contribution in [2.24, 2.45) is 0 Å². The van der Waals surface area contributed by atoms with E-state index in [0.717, 1.165) is 60.6 Å². The molecule has 42 heavy (non-hydrogen) atoms. The predicted molar refractivity (Wildman–Crippen MR) is 160 cm³/mol. The fraction of sp³-hybridized carbons (Fsp3) is 0.250. The van der Waals surface area contributed by atoms with E-state index < -0.39 is 0 Å². The molecule has 5 aromatic rings. The van der Waals surface area contributed by atoms with Crippen molar-refractivity contribution in [1.29, 1.82) is 0 Å². The van der Waals surface area contributed by atoms with Crippen LogP contribution in [0.3, 0.4) is 0 Å². The molecule has 0 aliphatic carbocycles. The van der Waals surface area contributed by atoms with Crippen LogP contribution in [0.15, 0.2) is 91.1 Å². The number of aryl methyl sites for hydroxylation is 3. The van der Waals surface area contributed by atoms with E-state index in [1.54, 1.807) is 14.2 Å². The summed E-state index contributed by atoms with van der Waals surface area (Å²) in [5.74, 6) is 3.54. The molecule has 0 spiro atoms. The molecule has 0 saturated carbocycles. The van der Waals surface area contributed by atoms with Crippen molar-refractivity contribution in [1.82, 2.24) is 0 Å². The number of methoxy groups -OCH3 is 2. The van der Waals surface area contributed by atoms with Crippen LogP contribution in [0.2, 0.25) is 0 Å². The molecule has 1 aromatic heterocycles. The van der Waals surface area contributed by atoms with Crippen LogP contribution in [0.4, 0.5) is 0 Å². The number of pyridine rings is 1. The van der Waals surface area contributed by atoms with Crippen molar-refractivity contribution in [2.45, 2.75) is 38.1 Å². The van der Waals surface area contributed by atoms with Crippen LogP contribution >= 0.6 is 0 Å². The highest BCUT2D eigenvalue weighted by Crippen LogP contribution is 2.44. The fourth-order valence-corrected chi connectivity index (χ4v) is 6.64. The van der Waals surface area contributed by atoms with E-state index in [0.29, 0.717) is 5.92 Å². The van der Waals surface area contributed by atoms with Gasteiger partial charge in [-0.15, -0.1) is 0 Å². The molecule has 0 N–H and O–H groups in total. The standard InChI is InChI=1S/C36H34NO4.ClH/c1-38-32-17-16-28-29(15-9-14-27(24-10-5-3-6-11-24)25-12-7-4-8-13-25)35-30-21-34-33(40-23-41-34)20-26(30)18-19-37(35)22-31(28)36(32)39-2;/h3-8,10-13,16-17,20-22,27H,9,14-15,18-19,23H2,1-2H3;1H/q+1;/p-1. The monoisotopic (exact) mass is 579 g/mol. The number of hydrogen-bond donors (Lipinski definition) is 0. The lowest BCUT2D eigenvalue weighted by Gasteiger charge is -2.22. The molecule has 6 heteroatoms. The lowest BCUT2D eigenvalue weighted by atomic mass is 9.85. The zero-order chi connectivity index (χ0) is 27.8. The maximum atomic E-state index is 5.91. The van der Waals surface area contributed by atoms with Gasteiger partial charge in [-0.25, -0.2) is 0 Å². The first-order valence-electron chi connectivity index (χ1n) is 14.4. The summed E-state index contributed by atoms with van der Waals surface area (Å²) in [6.07, 6.45) is 6.19. The molecule has 0 bridgehead atoms. The largest absolute Gasteiger partial charge is 1.00 e. The van der Waals surface area contributed by atoms with Crippen LogP contribution in [0.1, 0.15) is 41.0 Å². The van der Waals surface area contributed by atoms with Gasteiger partial charge in [0.1, 0.15) is 0 Å². The second-order valence-electron chi connectivity index (χ2n) is 10.8. The third-order valence-electron chi connectivity index (χ3n) is 8.57. The van der Waals surface area contributed by atoms with Gasteiger partial charge in [0, 0.05) is 23.3 Å². The van der Waals surface area contributed by atoms with Crippen LogP contribution in [0.5, 0.6) is 23.0 Å². The van der Waals surface area contributed by atoms with Crippen molar-refractivity contribution in [2.75, 3.05) is 21.0 Å². The van der Waals surface area contributed by atoms with Crippen LogP contribution < -0.4 is 35.9 Å². The summed E-state index contributed by atoms with van der Waals surface area (Å²) in [5, 5.41) is 2.29. The normalized spacial score (nSPS) is 12.9. The topological polar surface area (TPSA) is 40.8 Å². The van der Waals surface area contributed by atoms with Crippen LogP contribution in [0.25, 0.3) is 22.0 Å². The van der Waals surface area contributed by atoms with Gasteiger partial charge in [-0.3, -0.25) is 0 Å². The molecule has 2 aliphatic rings. The van der Waals surface area contributed by atoms with E-state index in [1.165, 1.54) is 38.9 Å². The molecular weight excluding hydrogens is 546 g/mol. The average Bonchev–Trinajstić information content (AvgIpc) is 3.49. The molecule has 0 unspecified atom stereocenters. The van der Waals surface area contributed by atoms with Gasteiger partial charge in [0.05, 0.1) is 25.2 Å². The predicted octanol–water partition coefficient (Wildman–Crippen LogP) is 4.26. The second kappa shape index (κ2) is 11.9. The van der Waals surface area contributed by atoms with Gasteiger partial charge in [0.2, 0.25) is 12.5 Å². The molecule has 4 aromatic carbocycles. The molecule has 0 amide bonds. The summed E-state index contributed by atoms with van der Waals surface area (Å²) >= 11 is 0. The molecule has 0 atom stereocenters. The fourth-order valence-electron chi connectivity index (χ4n) is 6.64. The molecule has 0 saturated heterocycles. The minimum atomic E-state index is 0. The Morgan fingerprint density at radius 2 is 1.50 bits per heavy atom. The lowest BCUT2D eigenvalue weighted by molar-refractivity contribution is -0.686. The molecule has 2 aliphatic heterocycles. The maximum Gasteiger partial charge on any atom is 0.231 e. The van der Waals surface area contributed by atoms with Crippen LogP contribution in [0, 0.1) is 0 Å². The van der Waals surface area contributed by atoms with E-state index in [-0.39, 0.29) is 19.2 Å². The van der Waals surface area contributed by atoms with Gasteiger partial charge in [-0.1, -0.05) is 60.7 Å². The Morgan fingerprint density at radius 3 is 2.17 bits per heavy atom. The number of halogens is 1. The number of fused-ring (bicyclic) bond motifs is 5. The summed E-state index contributed by atoms with van der Waals surface area (Å²) in [4.78, 5) is 0. The minimum Gasteiger partial charge on any atom is -1.00 e. The van der Waals surface area contributed by atoms with E-state index in [2.05, 4.69) is 89.6 Å². The summed E-state index contributed by atoms with van der Waals surface area (Å²) < 4.78 is 25.5. The summed E-state index contributed by atoms with van der Waals surface area (Å²) in [6, 6.07) is 30.3. The number of nitrogens with zero attached hydrogens (tertiary/aromatic N) is 1. The minimum absolute atomic E-state index is 0. The van der Waals surface area contributed by atoms with Crippen molar-refractivity contribution in [3.05, 3.63) is 113 Å². The molecule has 0 fully saturated rings. The van der Waals surface area contributed by atoms with Crippen LogP contribution in [-0.2, 0) is 19.4 Å². The molecule has 0 radical (unpaired) electrons. The Balaban J connectivity index is 0.00000316. The summed E-state index contributed by atoms with van der Waals surface area (Å²) in [5.41, 5.74) is 7.86. The molecule has 7 rings (SSSR count). The van der Waals surface area contributed by atoms with Crippen LogP contribution in [-0.4, -0.2) is 21.0 Å². The zero-order valence-corrected chi connectivity index (χ0v) is 24.7. The van der Waals surface area contributed by atoms with E-state index in [9.17, 15) is 0 Å². The van der Waals surface area contributed by atoms with Crippen molar-refractivity contribution in [3.63, 3.8) is 0 Å². The molecule has 5 nitrogen and oxygen atoms in total. The molecular formula is C36H34ClNO4. The van der Waals surface area contributed by atoms with Gasteiger partial charge >= 0.3 is 0 Å². The lowest BCUT2D eigenvalue weighted by Crippen LogP contribution is -3.00. The number of hydrogen-bond acceptors (Lipinski definition) is 4. The van der Waals surface area contributed by atoms with Gasteiger partial charge in [0.15, 0.2) is 35.7 Å². The van der Waals surface area contributed by atoms with Gasteiger partial charge < -0.3 is 31.4 Å². The summed E-state index contributed by atoms with van der Waals surface area (Å²) in [7, 11) is 3.42. The zero-order valence-electron chi connectivity index (χ0n) is 23.9. The number of aromatic nitrogens is 1. The maximum absolute atomic E-state index is 5.91. The number of rotatable bonds is 8. The highest BCUT2D eigenvalue weighted by molar-refractivity contribution is 5.95. The number of ether oxygens (including phenoxy) is 4. The van der Waals surface area contributed by atoms with Crippen molar-refractivity contribution < 1.29 is 35.9 Å². The first-order valence-corrected chi connectivity index (χ1v) is 14.4. The Hall–Kier alpha value is -4.22. The van der Waals surface area contributed by atoms with E-state index in [1.807, 2.05) is 6.07 Å².